The van der Waals surface area contributed by atoms with Gasteiger partial charge in [-0.25, -0.2) is 0 Å². The van der Waals surface area contributed by atoms with E-state index in [1.54, 1.807) is 6.33 Å². The molecule has 5 heteroatoms. The maximum Gasteiger partial charge on any atom is 0.202 e. The van der Waals surface area contributed by atoms with Crippen molar-refractivity contribution in [2.75, 3.05) is 13.1 Å². The summed E-state index contributed by atoms with van der Waals surface area (Å²) in [4.78, 5) is 1.49. The summed E-state index contributed by atoms with van der Waals surface area (Å²) in [6, 6.07) is 21.3. The number of hydrogen-bond acceptors (Lipinski definition) is 2. The van der Waals surface area contributed by atoms with Crippen LogP contribution in [0.3, 0.4) is 0 Å². The first kappa shape index (κ1) is 17.6. The Morgan fingerprint density at radius 1 is 0.880 bits per heavy atom. The molecular formula is C20H25N4S+. The van der Waals surface area contributed by atoms with Gasteiger partial charge in [0.05, 0.1) is 13.1 Å². The highest BCUT2D eigenvalue weighted by atomic mass is 32.1. The summed E-state index contributed by atoms with van der Waals surface area (Å²) < 4.78 is 4.60. The molecule has 0 unspecified atom stereocenters. The van der Waals surface area contributed by atoms with Crippen molar-refractivity contribution in [2.45, 2.75) is 19.5 Å². The van der Waals surface area contributed by atoms with Crippen LogP contribution < -0.4 is 4.90 Å². The Labute approximate surface area is 154 Å². The predicted molar refractivity (Wildman–Crippen MR) is 103 cm³/mol. The summed E-state index contributed by atoms with van der Waals surface area (Å²) >= 11 is 5.45. The maximum absolute atomic E-state index is 5.45. The molecule has 3 rings (SSSR count). The first-order valence-electron chi connectivity index (χ1n) is 8.72. The topological polar surface area (TPSA) is 27.2 Å². The molecule has 25 heavy (non-hydrogen) atoms. The van der Waals surface area contributed by atoms with Gasteiger partial charge >= 0.3 is 0 Å². The summed E-state index contributed by atoms with van der Waals surface area (Å²) in [5.74, 6) is 0. The molecule has 0 spiro atoms. The van der Waals surface area contributed by atoms with Gasteiger partial charge in [-0.2, -0.15) is 9.78 Å². The summed E-state index contributed by atoms with van der Waals surface area (Å²) in [5.41, 5.74) is 2.76. The Hall–Kier alpha value is -2.24. The predicted octanol–water partition coefficient (Wildman–Crippen LogP) is 2.28. The fourth-order valence-corrected chi connectivity index (χ4v) is 3.11. The van der Waals surface area contributed by atoms with Gasteiger partial charge in [-0.1, -0.05) is 60.7 Å². The van der Waals surface area contributed by atoms with Crippen molar-refractivity contribution in [1.82, 2.24) is 14.3 Å². The highest BCUT2D eigenvalue weighted by Crippen LogP contribution is 1.99. The molecule has 0 saturated heterocycles. The number of nitrogens with zero attached hydrogens (tertiary/aromatic N) is 3. The smallest absolute Gasteiger partial charge is 0.202 e. The molecule has 0 aliphatic heterocycles. The minimum atomic E-state index is 0.775. The van der Waals surface area contributed by atoms with E-state index in [0.717, 1.165) is 37.4 Å². The van der Waals surface area contributed by atoms with E-state index in [0.29, 0.717) is 0 Å². The first-order valence-corrected chi connectivity index (χ1v) is 9.13. The van der Waals surface area contributed by atoms with Gasteiger partial charge in [0.2, 0.25) is 4.77 Å². The summed E-state index contributed by atoms with van der Waals surface area (Å²) in [5, 5.41) is 4.42. The molecule has 4 nitrogen and oxygen atoms in total. The summed E-state index contributed by atoms with van der Waals surface area (Å²) in [7, 11) is 1.94. The molecule has 1 aromatic heterocycles. The lowest BCUT2D eigenvalue weighted by Gasteiger charge is -2.19. The zero-order chi connectivity index (χ0) is 17.5. The Morgan fingerprint density at radius 3 is 1.84 bits per heavy atom. The third-order valence-corrected chi connectivity index (χ3v) is 4.98. The standard InChI is InChI=1S/C20H24N4S/c1-22-16-21-24(20(22)25)17-23(14-12-18-8-4-2-5-9-18)15-13-19-10-6-3-7-11-19/h2-11,16H,12-15,17H2,1H3/p+1. The Bertz CT molecular complexity index is 780. The lowest BCUT2D eigenvalue weighted by Crippen LogP contribution is -3.12. The van der Waals surface area contributed by atoms with Gasteiger partial charge in [0.15, 0.2) is 6.67 Å². The molecule has 1 N–H and O–H groups in total. The summed E-state index contributed by atoms with van der Waals surface area (Å²) in [6.45, 7) is 2.93. The van der Waals surface area contributed by atoms with Crippen LogP contribution in [-0.4, -0.2) is 27.4 Å². The number of benzene rings is 2. The van der Waals surface area contributed by atoms with E-state index >= 15 is 0 Å². The maximum atomic E-state index is 5.45. The molecule has 3 aromatic rings. The Morgan fingerprint density at radius 2 is 1.40 bits per heavy atom. The zero-order valence-corrected chi connectivity index (χ0v) is 15.5. The fraction of sp³-hybridized carbons (Fsp3) is 0.300. The highest BCUT2D eigenvalue weighted by molar-refractivity contribution is 7.71. The van der Waals surface area contributed by atoms with Gasteiger partial charge < -0.3 is 9.47 Å². The van der Waals surface area contributed by atoms with Crippen LogP contribution in [0, 0.1) is 4.77 Å². The minimum Gasteiger partial charge on any atom is -0.316 e. The van der Waals surface area contributed by atoms with E-state index in [-0.39, 0.29) is 0 Å². The molecule has 0 saturated carbocycles. The lowest BCUT2D eigenvalue weighted by molar-refractivity contribution is -0.923. The molecule has 130 valence electrons. The fourth-order valence-electron chi connectivity index (χ4n) is 2.96. The van der Waals surface area contributed by atoms with E-state index < -0.39 is 0 Å². The third kappa shape index (κ3) is 5.11. The van der Waals surface area contributed by atoms with Gasteiger partial charge in [0.1, 0.15) is 6.33 Å². The first-order chi connectivity index (χ1) is 12.2. The molecule has 2 aromatic carbocycles. The minimum absolute atomic E-state index is 0.775. The number of rotatable bonds is 8. The van der Waals surface area contributed by atoms with Crippen LogP contribution in [-0.2, 0) is 26.6 Å². The molecular weight excluding hydrogens is 328 g/mol. The van der Waals surface area contributed by atoms with Gasteiger partial charge in [0, 0.05) is 19.9 Å². The van der Waals surface area contributed by atoms with Gasteiger partial charge in [0.25, 0.3) is 0 Å². The quantitative estimate of drug-likeness (QED) is 0.629. The van der Waals surface area contributed by atoms with Crippen molar-refractivity contribution in [2.24, 2.45) is 7.05 Å². The number of hydrogen-bond donors (Lipinski definition) is 1. The molecule has 1 heterocycles. The second kappa shape index (κ2) is 8.74. The molecule has 0 radical (unpaired) electrons. The van der Waals surface area contributed by atoms with E-state index in [4.69, 9.17) is 12.2 Å². The molecule has 0 aliphatic carbocycles. The normalized spacial score (nSPS) is 11.1. The van der Waals surface area contributed by atoms with E-state index in [1.807, 2.05) is 16.3 Å². The number of nitrogens with one attached hydrogen (secondary N) is 1. The van der Waals surface area contributed by atoms with Gasteiger partial charge in [-0.15, -0.1) is 0 Å². The highest BCUT2D eigenvalue weighted by Gasteiger charge is 2.12. The van der Waals surface area contributed by atoms with Crippen LogP contribution in [0.15, 0.2) is 67.0 Å². The van der Waals surface area contributed by atoms with Crippen LogP contribution >= 0.6 is 12.2 Å². The average Bonchev–Trinajstić information content (AvgIpc) is 2.97. The van der Waals surface area contributed by atoms with Crippen LogP contribution in [0.5, 0.6) is 0 Å². The average molecular weight is 354 g/mol. The van der Waals surface area contributed by atoms with Crippen molar-refractivity contribution in [3.05, 3.63) is 82.9 Å². The lowest BCUT2D eigenvalue weighted by atomic mass is 10.1. The van der Waals surface area contributed by atoms with Crippen LogP contribution in [0.4, 0.5) is 0 Å². The van der Waals surface area contributed by atoms with Crippen LogP contribution in [0.25, 0.3) is 0 Å². The van der Waals surface area contributed by atoms with Crippen molar-refractivity contribution >= 4 is 12.2 Å². The number of aryl methyl sites for hydroxylation is 1. The van der Waals surface area contributed by atoms with Crippen molar-refractivity contribution in [1.29, 1.82) is 0 Å². The van der Waals surface area contributed by atoms with Crippen molar-refractivity contribution in [3.8, 4) is 0 Å². The van der Waals surface area contributed by atoms with E-state index in [9.17, 15) is 0 Å². The second-order valence-electron chi connectivity index (χ2n) is 6.40. The Kier molecular flexibility index (Phi) is 6.14. The molecule has 0 aliphatic rings. The molecule has 0 bridgehead atoms. The second-order valence-corrected chi connectivity index (χ2v) is 6.77. The zero-order valence-electron chi connectivity index (χ0n) is 14.6. The third-order valence-electron chi connectivity index (χ3n) is 4.48. The largest absolute Gasteiger partial charge is 0.316 e. The van der Waals surface area contributed by atoms with Crippen LogP contribution in [0.1, 0.15) is 11.1 Å². The molecule has 0 fully saturated rings. The SMILES string of the molecule is Cn1cnn(C[NH+](CCc2ccccc2)CCc2ccccc2)c1=S. The summed E-state index contributed by atoms with van der Waals surface area (Å²) in [6.07, 6.45) is 3.91. The Balaban J connectivity index is 1.66. The van der Waals surface area contributed by atoms with E-state index in [2.05, 4.69) is 65.8 Å². The molecule has 0 atom stereocenters. The van der Waals surface area contributed by atoms with Crippen LogP contribution in [0.2, 0.25) is 0 Å². The van der Waals surface area contributed by atoms with Crippen molar-refractivity contribution in [3.63, 3.8) is 0 Å². The monoisotopic (exact) mass is 353 g/mol. The number of quaternary nitrogens is 1. The van der Waals surface area contributed by atoms with Gasteiger partial charge in [-0.05, 0) is 23.3 Å². The van der Waals surface area contributed by atoms with Crippen molar-refractivity contribution < 1.29 is 4.90 Å². The van der Waals surface area contributed by atoms with E-state index in [1.165, 1.54) is 16.0 Å². The van der Waals surface area contributed by atoms with Gasteiger partial charge in [-0.3, -0.25) is 0 Å². The molecule has 0 amide bonds. The number of aromatic nitrogens is 3.